The first-order valence-corrected chi connectivity index (χ1v) is 12.3. The molecule has 2 aromatic heterocycles. The number of likely N-dealkylation sites (tertiary alicyclic amines) is 1. The van der Waals surface area contributed by atoms with Crippen molar-refractivity contribution in [2.45, 2.75) is 50.2 Å². The lowest BCUT2D eigenvalue weighted by molar-refractivity contribution is 0.0208. The standard InChI is InChI=1S/C23H29N5O4S/c1-23(2,3)32-22(29)27-13-9-17(10-14-27)28(20-8-12-26-21-19(20)7-11-25-21)33(30,31)18-6-4-5-16(24)15-18/h4-8,11-12,15,17H,9-10,13-14,24H2,1-3H3,(H,25,26). The summed E-state index contributed by atoms with van der Waals surface area (Å²) in [5.41, 5.74) is 6.82. The Morgan fingerprint density at radius 1 is 1.21 bits per heavy atom. The van der Waals surface area contributed by atoms with Crippen LogP contribution in [0, 0.1) is 0 Å². The minimum absolute atomic E-state index is 0.123. The van der Waals surface area contributed by atoms with Gasteiger partial charge in [0.15, 0.2) is 0 Å². The minimum atomic E-state index is -3.94. The van der Waals surface area contributed by atoms with Crippen LogP contribution >= 0.6 is 0 Å². The van der Waals surface area contributed by atoms with E-state index in [1.54, 1.807) is 41.6 Å². The Morgan fingerprint density at radius 3 is 2.61 bits per heavy atom. The van der Waals surface area contributed by atoms with E-state index in [1.807, 2.05) is 26.8 Å². The van der Waals surface area contributed by atoms with E-state index in [2.05, 4.69) is 9.97 Å². The van der Waals surface area contributed by atoms with E-state index >= 15 is 0 Å². The van der Waals surface area contributed by atoms with Gasteiger partial charge in [-0.25, -0.2) is 18.2 Å². The molecule has 1 fully saturated rings. The second-order valence-corrected chi connectivity index (χ2v) is 11.0. The second-order valence-electron chi connectivity index (χ2n) is 9.14. The predicted molar refractivity (Wildman–Crippen MR) is 127 cm³/mol. The van der Waals surface area contributed by atoms with E-state index in [1.165, 1.54) is 10.4 Å². The van der Waals surface area contributed by atoms with Crippen molar-refractivity contribution >= 4 is 38.5 Å². The molecule has 4 rings (SSSR count). The second kappa shape index (κ2) is 8.58. The van der Waals surface area contributed by atoms with E-state index in [0.717, 1.165) is 0 Å². The molecule has 0 radical (unpaired) electrons. The Kier molecular flexibility index (Phi) is 5.96. The van der Waals surface area contributed by atoms with Gasteiger partial charge in [0.2, 0.25) is 0 Å². The van der Waals surface area contributed by atoms with Crippen LogP contribution < -0.4 is 10.0 Å². The number of nitrogen functional groups attached to an aromatic ring is 1. The van der Waals surface area contributed by atoms with Crippen molar-refractivity contribution in [3.63, 3.8) is 0 Å². The molecule has 0 bridgehead atoms. The highest BCUT2D eigenvalue weighted by Crippen LogP contribution is 2.35. The van der Waals surface area contributed by atoms with Crippen LogP contribution in [0.25, 0.3) is 11.0 Å². The van der Waals surface area contributed by atoms with Crippen LogP contribution in [0.2, 0.25) is 0 Å². The fraction of sp³-hybridized carbons (Fsp3) is 0.391. The van der Waals surface area contributed by atoms with Crippen molar-refractivity contribution in [1.82, 2.24) is 14.9 Å². The molecule has 33 heavy (non-hydrogen) atoms. The molecule has 176 valence electrons. The van der Waals surface area contributed by atoms with Crippen LogP contribution in [-0.2, 0) is 14.8 Å². The van der Waals surface area contributed by atoms with Gasteiger partial charge in [0, 0.05) is 42.6 Å². The Labute approximate surface area is 193 Å². The molecule has 1 aliphatic rings. The molecule has 10 heteroatoms. The van der Waals surface area contributed by atoms with Crippen molar-refractivity contribution < 1.29 is 17.9 Å². The number of nitrogens with zero attached hydrogens (tertiary/aromatic N) is 3. The quantitative estimate of drug-likeness (QED) is 0.559. The normalized spacial score (nSPS) is 15.5. The molecule has 0 atom stereocenters. The van der Waals surface area contributed by atoms with Crippen molar-refractivity contribution in [3.8, 4) is 0 Å². The van der Waals surface area contributed by atoms with E-state index in [0.29, 0.717) is 48.3 Å². The first-order valence-electron chi connectivity index (χ1n) is 10.9. The number of hydrogen-bond acceptors (Lipinski definition) is 6. The number of nitrogens with two attached hydrogens (primary N) is 1. The van der Waals surface area contributed by atoms with Crippen LogP contribution in [0.5, 0.6) is 0 Å². The number of rotatable bonds is 4. The van der Waals surface area contributed by atoms with Gasteiger partial charge < -0.3 is 20.4 Å². The summed E-state index contributed by atoms with van der Waals surface area (Å²) >= 11 is 0. The fourth-order valence-corrected chi connectivity index (χ4v) is 5.84. The third-order valence-corrected chi connectivity index (χ3v) is 7.40. The molecular weight excluding hydrogens is 442 g/mol. The maximum absolute atomic E-state index is 13.9. The number of carbonyl (C=O) groups is 1. The number of pyridine rings is 1. The first-order chi connectivity index (χ1) is 15.6. The van der Waals surface area contributed by atoms with Gasteiger partial charge in [-0.1, -0.05) is 6.07 Å². The van der Waals surface area contributed by atoms with Crippen molar-refractivity contribution in [2.75, 3.05) is 23.1 Å². The number of amides is 1. The summed E-state index contributed by atoms with van der Waals surface area (Å²) in [4.78, 5) is 21.6. The maximum Gasteiger partial charge on any atom is 0.410 e. The van der Waals surface area contributed by atoms with Gasteiger partial charge in [0.1, 0.15) is 11.2 Å². The highest BCUT2D eigenvalue weighted by Gasteiger charge is 2.37. The van der Waals surface area contributed by atoms with Crippen LogP contribution in [0.1, 0.15) is 33.6 Å². The summed E-state index contributed by atoms with van der Waals surface area (Å²) in [6, 6.07) is 9.46. The zero-order valence-electron chi connectivity index (χ0n) is 19.0. The molecule has 0 unspecified atom stereocenters. The molecule has 9 nitrogen and oxygen atoms in total. The van der Waals surface area contributed by atoms with E-state index in [4.69, 9.17) is 10.5 Å². The number of aromatic nitrogens is 2. The molecular formula is C23H29N5O4S. The Morgan fingerprint density at radius 2 is 1.94 bits per heavy atom. The smallest absolute Gasteiger partial charge is 0.410 e. The monoisotopic (exact) mass is 471 g/mol. The average molecular weight is 472 g/mol. The number of sulfonamides is 1. The van der Waals surface area contributed by atoms with Crippen LogP contribution in [-0.4, -0.2) is 54.1 Å². The van der Waals surface area contributed by atoms with Crippen molar-refractivity contribution in [1.29, 1.82) is 0 Å². The molecule has 3 aromatic rings. The van der Waals surface area contributed by atoms with E-state index in [-0.39, 0.29) is 17.0 Å². The molecule has 0 spiro atoms. The zero-order chi connectivity index (χ0) is 23.8. The molecule has 3 N–H and O–H groups in total. The Hall–Kier alpha value is -3.27. The molecule has 1 amide bonds. The molecule has 1 aromatic carbocycles. The predicted octanol–water partition coefficient (Wildman–Crippen LogP) is 3.74. The molecule has 1 saturated heterocycles. The summed E-state index contributed by atoms with van der Waals surface area (Å²) in [6.07, 6.45) is 3.87. The van der Waals surface area contributed by atoms with Gasteiger partial charge >= 0.3 is 6.09 Å². The van der Waals surface area contributed by atoms with Crippen molar-refractivity contribution in [3.05, 3.63) is 48.8 Å². The zero-order valence-corrected chi connectivity index (χ0v) is 19.8. The summed E-state index contributed by atoms with van der Waals surface area (Å²) in [5, 5.41) is 0.708. The number of fused-ring (bicyclic) bond motifs is 1. The lowest BCUT2D eigenvalue weighted by Crippen LogP contribution is -2.49. The number of nitrogens with one attached hydrogen (secondary N) is 1. The molecule has 1 aliphatic heterocycles. The lowest BCUT2D eigenvalue weighted by atomic mass is 10.0. The Balaban J connectivity index is 1.69. The van der Waals surface area contributed by atoms with Crippen LogP contribution in [0.4, 0.5) is 16.2 Å². The highest BCUT2D eigenvalue weighted by atomic mass is 32.2. The van der Waals surface area contributed by atoms with Crippen LogP contribution in [0.3, 0.4) is 0 Å². The van der Waals surface area contributed by atoms with Gasteiger partial charge in [-0.2, -0.15) is 0 Å². The number of carbonyl (C=O) groups excluding carboxylic acids is 1. The van der Waals surface area contributed by atoms with E-state index < -0.39 is 15.6 Å². The fourth-order valence-electron chi connectivity index (χ4n) is 4.06. The van der Waals surface area contributed by atoms with Gasteiger partial charge in [-0.15, -0.1) is 0 Å². The number of benzene rings is 1. The van der Waals surface area contributed by atoms with Crippen LogP contribution in [0.15, 0.2) is 53.7 Å². The number of aromatic amines is 1. The van der Waals surface area contributed by atoms with Gasteiger partial charge in [-0.3, -0.25) is 4.31 Å². The van der Waals surface area contributed by atoms with E-state index in [9.17, 15) is 13.2 Å². The number of H-pyrrole nitrogens is 1. The topological polar surface area (TPSA) is 122 Å². The number of hydrogen-bond donors (Lipinski definition) is 2. The van der Waals surface area contributed by atoms with Gasteiger partial charge in [0.25, 0.3) is 10.0 Å². The summed E-state index contributed by atoms with van der Waals surface area (Å²) in [7, 11) is -3.94. The summed E-state index contributed by atoms with van der Waals surface area (Å²) < 4.78 is 34.7. The third-order valence-electron chi connectivity index (χ3n) is 5.54. The number of ether oxygens (including phenoxy) is 1. The number of piperidine rings is 1. The maximum atomic E-state index is 13.9. The van der Waals surface area contributed by atoms with Crippen molar-refractivity contribution in [2.24, 2.45) is 0 Å². The third kappa shape index (κ3) is 4.75. The largest absolute Gasteiger partial charge is 0.444 e. The Bertz CT molecular complexity index is 1260. The van der Waals surface area contributed by atoms with Gasteiger partial charge in [0.05, 0.1) is 10.6 Å². The molecule has 0 aliphatic carbocycles. The van der Waals surface area contributed by atoms with Gasteiger partial charge in [-0.05, 0) is 63.9 Å². The number of anilines is 2. The summed E-state index contributed by atoms with van der Waals surface area (Å²) in [5.74, 6) is 0. The average Bonchev–Trinajstić information content (AvgIpc) is 3.23. The first kappa shape index (κ1) is 22.9. The molecule has 3 heterocycles. The SMILES string of the molecule is CC(C)(C)OC(=O)N1CCC(N(c2ccnc3[nH]ccc23)S(=O)(=O)c2cccc(N)c2)CC1. The minimum Gasteiger partial charge on any atom is -0.444 e. The molecule has 0 saturated carbocycles. The lowest BCUT2D eigenvalue weighted by Gasteiger charge is -2.39. The highest BCUT2D eigenvalue weighted by molar-refractivity contribution is 7.92. The summed E-state index contributed by atoms with van der Waals surface area (Å²) in [6.45, 7) is 6.25.